The summed E-state index contributed by atoms with van der Waals surface area (Å²) in [6.45, 7) is 3.46. The van der Waals surface area contributed by atoms with Crippen LogP contribution >= 0.6 is 0 Å². The van der Waals surface area contributed by atoms with Gasteiger partial charge in [0.2, 0.25) is 5.91 Å². The van der Waals surface area contributed by atoms with E-state index in [-0.39, 0.29) is 11.9 Å². The first-order chi connectivity index (χ1) is 9.78. The number of hydrogen-bond acceptors (Lipinski definition) is 3. The Balaban J connectivity index is 1.74. The molecule has 0 spiro atoms. The Kier molecular flexibility index (Phi) is 3.50. The summed E-state index contributed by atoms with van der Waals surface area (Å²) in [5.74, 6) is 0.218. The third-order valence-corrected chi connectivity index (χ3v) is 3.77. The van der Waals surface area contributed by atoms with E-state index in [0.29, 0.717) is 6.42 Å². The highest BCUT2D eigenvalue weighted by Gasteiger charge is 2.27. The van der Waals surface area contributed by atoms with Gasteiger partial charge in [-0.05, 0) is 6.42 Å². The van der Waals surface area contributed by atoms with Crippen LogP contribution in [0.4, 0.5) is 0 Å². The zero-order chi connectivity index (χ0) is 13.9. The second kappa shape index (κ2) is 5.45. The van der Waals surface area contributed by atoms with Crippen molar-refractivity contribution >= 4 is 5.91 Å². The van der Waals surface area contributed by atoms with Crippen LogP contribution in [0.1, 0.15) is 25.8 Å². The largest absolute Gasteiger partial charge is 0.340 e. The van der Waals surface area contributed by atoms with Crippen LogP contribution in [-0.2, 0) is 4.79 Å². The minimum atomic E-state index is 0.218. The van der Waals surface area contributed by atoms with Crippen molar-refractivity contribution in [1.29, 1.82) is 0 Å². The molecule has 2 aromatic rings. The third kappa shape index (κ3) is 2.43. The van der Waals surface area contributed by atoms with Crippen LogP contribution in [0.5, 0.6) is 0 Å². The number of rotatable bonds is 3. The van der Waals surface area contributed by atoms with E-state index in [1.165, 1.54) is 0 Å². The summed E-state index contributed by atoms with van der Waals surface area (Å²) >= 11 is 0. The molecular formula is C15H18N4O. The minimum Gasteiger partial charge on any atom is -0.340 e. The number of nitrogens with zero attached hydrogens (tertiary/aromatic N) is 4. The Hall–Kier alpha value is -2.17. The molecule has 3 rings (SSSR count). The summed E-state index contributed by atoms with van der Waals surface area (Å²) in [7, 11) is 0. The first kappa shape index (κ1) is 12.8. The predicted octanol–water partition coefficient (Wildman–Crippen LogP) is 2.13. The van der Waals surface area contributed by atoms with Crippen molar-refractivity contribution in [3.8, 4) is 11.3 Å². The normalized spacial score (nSPS) is 18.4. The fraction of sp³-hybridized carbons (Fsp3) is 0.400. The molecule has 1 aromatic carbocycles. The zero-order valence-corrected chi connectivity index (χ0v) is 11.6. The molecule has 5 nitrogen and oxygen atoms in total. The first-order valence-electron chi connectivity index (χ1n) is 7.03. The lowest BCUT2D eigenvalue weighted by molar-refractivity contribution is -0.129. The topological polar surface area (TPSA) is 51.0 Å². The lowest BCUT2D eigenvalue weighted by atomic mass is 10.2. The molecule has 0 radical (unpaired) electrons. The SMILES string of the molecule is CCC(=O)N1CCC(n2cc(-c3ccccc3)nn2)C1. The minimum absolute atomic E-state index is 0.218. The molecule has 1 unspecified atom stereocenters. The van der Waals surface area contributed by atoms with Gasteiger partial charge in [-0.3, -0.25) is 4.79 Å². The van der Waals surface area contributed by atoms with Crippen LogP contribution in [0.2, 0.25) is 0 Å². The van der Waals surface area contributed by atoms with Crippen molar-refractivity contribution in [1.82, 2.24) is 19.9 Å². The van der Waals surface area contributed by atoms with E-state index in [9.17, 15) is 4.79 Å². The summed E-state index contributed by atoms with van der Waals surface area (Å²) in [6.07, 6.45) is 3.49. The Bertz CT molecular complexity index is 593. The summed E-state index contributed by atoms with van der Waals surface area (Å²) in [5.41, 5.74) is 1.95. The van der Waals surface area contributed by atoms with Crippen LogP contribution in [0, 0.1) is 0 Å². The molecule has 1 aliphatic heterocycles. The van der Waals surface area contributed by atoms with Gasteiger partial charge >= 0.3 is 0 Å². The van der Waals surface area contributed by atoms with Crippen molar-refractivity contribution in [3.63, 3.8) is 0 Å². The highest BCUT2D eigenvalue weighted by atomic mass is 16.2. The standard InChI is InChI=1S/C15H18N4O/c1-2-15(20)18-9-8-13(10-18)19-11-14(16-17-19)12-6-4-3-5-7-12/h3-7,11,13H,2,8-10H2,1H3. The van der Waals surface area contributed by atoms with E-state index < -0.39 is 0 Å². The maximum absolute atomic E-state index is 11.7. The highest BCUT2D eigenvalue weighted by molar-refractivity contribution is 5.76. The molecule has 1 amide bonds. The van der Waals surface area contributed by atoms with Crippen molar-refractivity contribution in [2.75, 3.05) is 13.1 Å². The van der Waals surface area contributed by atoms with Gasteiger partial charge < -0.3 is 4.90 Å². The van der Waals surface area contributed by atoms with E-state index in [2.05, 4.69) is 10.3 Å². The molecular weight excluding hydrogens is 252 g/mol. The zero-order valence-electron chi connectivity index (χ0n) is 11.6. The van der Waals surface area contributed by atoms with Gasteiger partial charge in [-0.15, -0.1) is 5.10 Å². The molecule has 1 saturated heterocycles. The molecule has 104 valence electrons. The molecule has 1 aliphatic rings. The van der Waals surface area contributed by atoms with Gasteiger partial charge in [-0.25, -0.2) is 4.68 Å². The number of likely N-dealkylation sites (tertiary alicyclic amines) is 1. The average Bonchev–Trinajstić information content (AvgIpc) is 3.16. The molecule has 0 N–H and O–H groups in total. The molecule has 1 aromatic heterocycles. The predicted molar refractivity (Wildman–Crippen MR) is 76.0 cm³/mol. The van der Waals surface area contributed by atoms with Gasteiger partial charge in [0.05, 0.1) is 12.2 Å². The monoisotopic (exact) mass is 270 g/mol. The maximum Gasteiger partial charge on any atom is 0.222 e. The van der Waals surface area contributed by atoms with Crippen molar-refractivity contribution in [3.05, 3.63) is 36.5 Å². The second-order valence-electron chi connectivity index (χ2n) is 5.09. The number of carbonyl (C=O) groups is 1. The highest BCUT2D eigenvalue weighted by Crippen LogP contribution is 2.23. The molecule has 1 fully saturated rings. The number of benzene rings is 1. The number of amides is 1. The fourth-order valence-electron chi connectivity index (χ4n) is 2.60. The van der Waals surface area contributed by atoms with Crippen LogP contribution in [0.25, 0.3) is 11.3 Å². The van der Waals surface area contributed by atoms with Crippen molar-refractivity contribution in [2.45, 2.75) is 25.8 Å². The Morgan fingerprint density at radius 2 is 2.15 bits per heavy atom. The van der Waals surface area contributed by atoms with Crippen LogP contribution in [0.15, 0.2) is 36.5 Å². The van der Waals surface area contributed by atoms with E-state index >= 15 is 0 Å². The van der Waals surface area contributed by atoms with Gasteiger partial charge in [-0.2, -0.15) is 0 Å². The number of hydrogen-bond donors (Lipinski definition) is 0. The molecule has 1 atom stereocenters. The molecule has 2 heterocycles. The fourth-order valence-corrected chi connectivity index (χ4v) is 2.60. The summed E-state index contributed by atoms with van der Waals surface area (Å²) in [6, 6.07) is 10.3. The average molecular weight is 270 g/mol. The summed E-state index contributed by atoms with van der Waals surface area (Å²) < 4.78 is 1.89. The van der Waals surface area contributed by atoms with Crippen LogP contribution < -0.4 is 0 Å². The maximum atomic E-state index is 11.7. The molecule has 0 aliphatic carbocycles. The number of aromatic nitrogens is 3. The molecule has 20 heavy (non-hydrogen) atoms. The van der Waals surface area contributed by atoms with Crippen molar-refractivity contribution < 1.29 is 4.79 Å². The van der Waals surface area contributed by atoms with Gasteiger partial charge in [-0.1, -0.05) is 42.5 Å². The van der Waals surface area contributed by atoms with Crippen LogP contribution in [0.3, 0.4) is 0 Å². The Morgan fingerprint density at radius 1 is 1.35 bits per heavy atom. The second-order valence-corrected chi connectivity index (χ2v) is 5.09. The summed E-state index contributed by atoms with van der Waals surface area (Å²) in [5, 5.41) is 8.45. The van der Waals surface area contributed by atoms with Gasteiger partial charge in [0.1, 0.15) is 5.69 Å². The number of carbonyl (C=O) groups excluding carboxylic acids is 1. The van der Waals surface area contributed by atoms with Gasteiger partial charge in [0.15, 0.2) is 0 Å². The van der Waals surface area contributed by atoms with Gasteiger partial charge in [0.25, 0.3) is 0 Å². The molecule has 5 heteroatoms. The first-order valence-corrected chi connectivity index (χ1v) is 7.03. The van der Waals surface area contributed by atoms with Gasteiger partial charge in [0, 0.05) is 25.1 Å². The Labute approximate surface area is 118 Å². The lowest BCUT2D eigenvalue weighted by Crippen LogP contribution is -2.28. The summed E-state index contributed by atoms with van der Waals surface area (Å²) in [4.78, 5) is 13.6. The quantitative estimate of drug-likeness (QED) is 0.858. The Morgan fingerprint density at radius 3 is 2.90 bits per heavy atom. The van der Waals surface area contributed by atoms with E-state index in [4.69, 9.17) is 0 Å². The van der Waals surface area contributed by atoms with E-state index in [1.807, 2.05) is 53.0 Å². The molecule has 0 saturated carbocycles. The smallest absolute Gasteiger partial charge is 0.222 e. The van der Waals surface area contributed by atoms with Crippen LogP contribution in [-0.4, -0.2) is 38.9 Å². The van der Waals surface area contributed by atoms with E-state index in [1.54, 1.807) is 0 Å². The lowest BCUT2D eigenvalue weighted by Gasteiger charge is -2.15. The molecule has 0 bridgehead atoms. The van der Waals surface area contributed by atoms with E-state index in [0.717, 1.165) is 30.8 Å². The van der Waals surface area contributed by atoms with Crippen molar-refractivity contribution in [2.24, 2.45) is 0 Å². The third-order valence-electron chi connectivity index (χ3n) is 3.77.